The summed E-state index contributed by atoms with van der Waals surface area (Å²) in [5.41, 5.74) is 9.62. The average molecular weight is 362 g/mol. The van der Waals surface area contributed by atoms with Gasteiger partial charge in [-0.3, -0.25) is 9.59 Å². The SMILES string of the molecule is Cc1ccc(N)cc1C(=O)Nc1ccc(C)c(C(=O)NC(C)C)c1.Cl. The minimum Gasteiger partial charge on any atom is -0.399 e. The van der Waals surface area contributed by atoms with Gasteiger partial charge in [0.1, 0.15) is 0 Å². The number of rotatable bonds is 4. The van der Waals surface area contributed by atoms with Gasteiger partial charge in [-0.2, -0.15) is 0 Å². The number of aryl methyl sites for hydroxylation is 2. The smallest absolute Gasteiger partial charge is 0.256 e. The number of amides is 2. The minimum atomic E-state index is -0.251. The van der Waals surface area contributed by atoms with Gasteiger partial charge in [0, 0.05) is 28.5 Å². The number of hydrogen-bond acceptors (Lipinski definition) is 3. The molecule has 2 aromatic carbocycles. The molecule has 0 bridgehead atoms. The van der Waals surface area contributed by atoms with Gasteiger partial charge in [0.05, 0.1) is 0 Å². The number of halogens is 1. The van der Waals surface area contributed by atoms with E-state index in [2.05, 4.69) is 10.6 Å². The zero-order valence-electron chi connectivity index (χ0n) is 14.8. The summed E-state index contributed by atoms with van der Waals surface area (Å²) in [6.07, 6.45) is 0. The molecule has 6 heteroatoms. The van der Waals surface area contributed by atoms with E-state index in [1.807, 2.05) is 33.8 Å². The average Bonchev–Trinajstić information content (AvgIpc) is 2.50. The molecule has 0 aromatic heterocycles. The first-order chi connectivity index (χ1) is 11.3. The third-order valence-electron chi connectivity index (χ3n) is 3.67. The molecule has 0 spiro atoms. The van der Waals surface area contributed by atoms with E-state index in [1.165, 1.54) is 0 Å². The zero-order valence-corrected chi connectivity index (χ0v) is 15.7. The van der Waals surface area contributed by atoms with E-state index in [4.69, 9.17) is 5.73 Å². The monoisotopic (exact) mass is 361 g/mol. The Morgan fingerprint density at radius 1 is 0.920 bits per heavy atom. The molecule has 0 aliphatic heterocycles. The predicted molar refractivity (Wildman–Crippen MR) is 105 cm³/mol. The molecule has 0 unspecified atom stereocenters. The standard InChI is InChI=1S/C19H23N3O2.ClH/c1-11(2)21-18(23)17-10-15(8-6-13(17)4)22-19(24)16-9-14(20)7-5-12(16)3;/h5-11H,20H2,1-4H3,(H,21,23)(H,22,24);1H. The van der Waals surface area contributed by atoms with Gasteiger partial charge in [-0.1, -0.05) is 12.1 Å². The van der Waals surface area contributed by atoms with Gasteiger partial charge in [-0.15, -0.1) is 12.4 Å². The number of hydrogen-bond donors (Lipinski definition) is 3. The fraction of sp³-hybridized carbons (Fsp3) is 0.263. The van der Waals surface area contributed by atoms with Crippen molar-refractivity contribution in [2.75, 3.05) is 11.1 Å². The van der Waals surface area contributed by atoms with Crippen LogP contribution in [0.25, 0.3) is 0 Å². The highest BCUT2D eigenvalue weighted by Crippen LogP contribution is 2.18. The van der Waals surface area contributed by atoms with Gasteiger partial charge >= 0.3 is 0 Å². The Balaban J connectivity index is 0.00000312. The molecule has 0 atom stereocenters. The third-order valence-corrected chi connectivity index (χ3v) is 3.67. The molecule has 0 saturated carbocycles. The Kier molecular flexibility index (Phi) is 7.00. The summed E-state index contributed by atoms with van der Waals surface area (Å²) >= 11 is 0. The van der Waals surface area contributed by atoms with Crippen LogP contribution in [0.5, 0.6) is 0 Å². The first-order valence-corrected chi connectivity index (χ1v) is 7.87. The molecule has 4 N–H and O–H groups in total. The van der Waals surface area contributed by atoms with Crippen molar-refractivity contribution in [3.05, 3.63) is 58.7 Å². The maximum absolute atomic E-state index is 12.5. The molecular weight excluding hydrogens is 338 g/mol. The van der Waals surface area contributed by atoms with Crippen molar-refractivity contribution in [3.63, 3.8) is 0 Å². The second-order valence-corrected chi connectivity index (χ2v) is 6.19. The molecule has 25 heavy (non-hydrogen) atoms. The topological polar surface area (TPSA) is 84.2 Å². The zero-order chi connectivity index (χ0) is 17.9. The molecule has 0 fully saturated rings. The van der Waals surface area contributed by atoms with E-state index in [-0.39, 0.29) is 30.3 Å². The van der Waals surface area contributed by atoms with Crippen molar-refractivity contribution in [2.24, 2.45) is 0 Å². The summed E-state index contributed by atoms with van der Waals surface area (Å²) in [5.74, 6) is -0.405. The number of benzene rings is 2. The van der Waals surface area contributed by atoms with Crippen molar-refractivity contribution in [3.8, 4) is 0 Å². The normalized spacial score (nSPS) is 10.1. The van der Waals surface area contributed by atoms with Crippen molar-refractivity contribution in [2.45, 2.75) is 33.7 Å². The predicted octanol–water partition coefficient (Wildman–Crippen LogP) is 3.70. The highest BCUT2D eigenvalue weighted by molar-refractivity contribution is 6.06. The fourth-order valence-corrected chi connectivity index (χ4v) is 2.37. The first-order valence-electron chi connectivity index (χ1n) is 7.87. The number of nitrogens with one attached hydrogen (secondary N) is 2. The number of anilines is 2. The summed E-state index contributed by atoms with van der Waals surface area (Å²) in [6, 6.07) is 10.5. The Labute approximate surface area is 154 Å². The molecule has 0 aliphatic rings. The van der Waals surface area contributed by atoms with Crippen LogP contribution in [0.15, 0.2) is 36.4 Å². The summed E-state index contributed by atoms with van der Waals surface area (Å²) in [6.45, 7) is 7.52. The van der Waals surface area contributed by atoms with Crippen molar-refractivity contribution >= 4 is 35.6 Å². The lowest BCUT2D eigenvalue weighted by molar-refractivity contribution is 0.0941. The first kappa shape index (κ1) is 20.5. The highest BCUT2D eigenvalue weighted by atomic mass is 35.5. The van der Waals surface area contributed by atoms with Gasteiger partial charge in [0.2, 0.25) is 0 Å². The summed E-state index contributed by atoms with van der Waals surface area (Å²) < 4.78 is 0. The lowest BCUT2D eigenvalue weighted by atomic mass is 10.1. The van der Waals surface area contributed by atoms with E-state index in [1.54, 1.807) is 30.3 Å². The molecule has 2 amide bonds. The summed E-state index contributed by atoms with van der Waals surface area (Å²) in [7, 11) is 0. The van der Waals surface area contributed by atoms with Crippen LogP contribution in [-0.2, 0) is 0 Å². The second-order valence-electron chi connectivity index (χ2n) is 6.19. The maximum atomic E-state index is 12.5. The Bertz CT molecular complexity index is 788. The summed E-state index contributed by atoms with van der Waals surface area (Å²) in [5, 5.41) is 5.69. The lowest BCUT2D eigenvalue weighted by Gasteiger charge is -2.13. The number of carbonyl (C=O) groups excluding carboxylic acids is 2. The van der Waals surface area contributed by atoms with E-state index < -0.39 is 0 Å². The minimum absolute atomic E-state index is 0. The quantitative estimate of drug-likeness (QED) is 0.726. The largest absolute Gasteiger partial charge is 0.399 e. The van der Waals surface area contributed by atoms with Crippen LogP contribution >= 0.6 is 12.4 Å². The molecule has 2 rings (SSSR count). The summed E-state index contributed by atoms with van der Waals surface area (Å²) in [4.78, 5) is 24.7. The molecule has 2 aromatic rings. The molecule has 5 nitrogen and oxygen atoms in total. The molecule has 134 valence electrons. The van der Waals surface area contributed by atoms with E-state index in [0.29, 0.717) is 22.5 Å². The van der Waals surface area contributed by atoms with Crippen LogP contribution in [0.3, 0.4) is 0 Å². The third kappa shape index (κ3) is 5.22. The number of nitrogens with two attached hydrogens (primary N) is 1. The van der Waals surface area contributed by atoms with Gasteiger partial charge in [-0.25, -0.2) is 0 Å². The molecule has 0 saturated heterocycles. The van der Waals surface area contributed by atoms with Gasteiger partial charge in [-0.05, 0) is 63.1 Å². The van der Waals surface area contributed by atoms with Crippen molar-refractivity contribution in [1.29, 1.82) is 0 Å². The molecular formula is C19H24ClN3O2. The molecule has 0 heterocycles. The van der Waals surface area contributed by atoms with Crippen LogP contribution < -0.4 is 16.4 Å². The fourth-order valence-electron chi connectivity index (χ4n) is 2.37. The molecule has 0 aliphatic carbocycles. The number of nitrogen functional groups attached to an aromatic ring is 1. The Morgan fingerprint density at radius 3 is 2.08 bits per heavy atom. The van der Waals surface area contributed by atoms with Crippen LogP contribution in [0.2, 0.25) is 0 Å². The number of carbonyl (C=O) groups is 2. The van der Waals surface area contributed by atoms with E-state index in [9.17, 15) is 9.59 Å². The Morgan fingerprint density at radius 2 is 1.48 bits per heavy atom. The van der Waals surface area contributed by atoms with E-state index >= 15 is 0 Å². The van der Waals surface area contributed by atoms with Crippen LogP contribution in [0.4, 0.5) is 11.4 Å². The van der Waals surface area contributed by atoms with Crippen LogP contribution in [0, 0.1) is 13.8 Å². The van der Waals surface area contributed by atoms with Crippen LogP contribution in [-0.4, -0.2) is 17.9 Å². The van der Waals surface area contributed by atoms with E-state index in [0.717, 1.165) is 11.1 Å². The van der Waals surface area contributed by atoms with Crippen molar-refractivity contribution in [1.82, 2.24) is 5.32 Å². The highest BCUT2D eigenvalue weighted by Gasteiger charge is 2.14. The molecule has 0 radical (unpaired) electrons. The van der Waals surface area contributed by atoms with Gasteiger partial charge in [0.25, 0.3) is 11.8 Å². The lowest BCUT2D eigenvalue weighted by Crippen LogP contribution is -2.30. The van der Waals surface area contributed by atoms with Crippen molar-refractivity contribution < 1.29 is 9.59 Å². The Hall–Kier alpha value is -2.53. The maximum Gasteiger partial charge on any atom is 0.256 e. The van der Waals surface area contributed by atoms with Crippen LogP contribution in [0.1, 0.15) is 45.7 Å². The van der Waals surface area contributed by atoms with Gasteiger partial charge in [0.15, 0.2) is 0 Å². The van der Waals surface area contributed by atoms with Gasteiger partial charge < -0.3 is 16.4 Å². The second kappa shape index (κ2) is 8.53.